The Labute approximate surface area is 156 Å². The number of rotatable bonds is 4. The number of carbonyl (C=O) groups is 1. The van der Waals surface area contributed by atoms with Gasteiger partial charge < -0.3 is 5.32 Å². The van der Waals surface area contributed by atoms with Crippen molar-refractivity contribution in [3.8, 4) is 11.3 Å². The van der Waals surface area contributed by atoms with Crippen LogP contribution in [0.4, 0.5) is 10.1 Å². The van der Waals surface area contributed by atoms with Gasteiger partial charge in [0.15, 0.2) is 0 Å². The van der Waals surface area contributed by atoms with Gasteiger partial charge in [-0.1, -0.05) is 17.7 Å². The van der Waals surface area contributed by atoms with Crippen LogP contribution >= 0.6 is 0 Å². The highest BCUT2D eigenvalue weighted by Gasteiger charge is 2.18. The lowest BCUT2D eigenvalue weighted by Gasteiger charge is -2.15. The smallest absolute Gasteiger partial charge is 0.267 e. The molecule has 0 fully saturated rings. The maximum atomic E-state index is 13.0. The summed E-state index contributed by atoms with van der Waals surface area (Å²) in [4.78, 5) is 24.8. The summed E-state index contributed by atoms with van der Waals surface area (Å²) in [6.07, 6.45) is 0. The van der Waals surface area contributed by atoms with E-state index in [1.54, 1.807) is 13.0 Å². The molecule has 3 aromatic rings. The topological polar surface area (TPSA) is 64.0 Å². The van der Waals surface area contributed by atoms with Crippen molar-refractivity contribution in [2.24, 2.45) is 0 Å². The summed E-state index contributed by atoms with van der Waals surface area (Å²) in [5, 5.41) is 7.07. The molecule has 0 saturated heterocycles. The first kappa shape index (κ1) is 18.5. The predicted molar refractivity (Wildman–Crippen MR) is 103 cm³/mol. The quantitative estimate of drug-likeness (QED) is 0.763. The Bertz CT molecular complexity index is 1040. The van der Waals surface area contributed by atoms with Crippen LogP contribution < -0.4 is 10.9 Å². The van der Waals surface area contributed by atoms with Gasteiger partial charge in [-0.3, -0.25) is 9.59 Å². The Morgan fingerprint density at radius 1 is 1.07 bits per heavy atom. The molecule has 1 N–H and O–H groups in total. The van der Waals surface area contributed by atoms with E-state index in [1.807, 2.05) is 32.0 Å². The van der Waals surface area contributed by atoms with Gasteiger partial charge in [0.05, 0.1) is 5.69 Å². The van der Waals surface area contributed by atoms with E-state index in [9.17, 15) is 14.0 Å². The van der Waals surface area contributed by atoms with Crippen molar-refractivity contribution < 1.29 is 9.18 Å². The van der Waals surface area contributed by atoms with Crippen molar-refractivity contribution in [1.82, 2.24) is 9.78 Å². The lowest BCUT2D eigenvalue weighted by molar-refractivity contribution is -0.119. The summed E-state index contributed by atoms with van der Waals surface area (Å²) in [6, 6.07) is 13.7. The third kappa shape index (κ3) is 4.11. The molecule has 0 radical (unpaired) electrons. The third-order valence-electron chi connectivity index (χ3n) is 4.35. The molecule has 6 heteroatoms. The minimum absolute atomic E-state index is 0.370. The van der Waals surface area contributed by atoms with Gasteiger partial charge >= 0.3 is 0 Å². The number of anilines is 1. The minimum Gasteiger partial charge on any atom is -0.324 e. The van der Waals surface area contributed by atoms with Gasteiger partial charge in [0.25, 0.3) is 5.56 Å². The fraction of sp³-hybridized carbons (Fsp3) is 0.190. The van der Waals surface area contributed by atoms with Crippen LogP contribution in [0.1, 0.15) is 24.1 Å². The standard InChI is InChI=1S/C21H20FN3O2/c1-13-4-5-14(2)18(12-13)19-10-11-20(26)25(24-19)15(3)21(27)23-17-8-6-16(22)7-9-17/h4-12,15H,1-3H3,(H,23,27). The molecular formula is C21H20FN3O2. The van der Waals surface area contributed by atoms with Crippen LogP contribution in [0, 0.1) is 19.7 Å². The molecule has 3 rings (SSSR count). The van der Waals surface area contributed by atoms with Crippen LogP contribution in [0.2, 0.25) is 0 Å². The number of aryl methyl sites for hydroxylation is 2. The largest absolute Gasteiger partial charge is 0.324 e. The first-order valence-corrected chi connectivity index (χ1v) is 8.59. The van der Waals surface area contributed by atoms with Crippen molar-refractivity contribution in [2.75, 3.05) is 5.32 Å². The molecule has 0 bridgehead atoms. The van der Waals surface area contributed by atoms with Crippen LogP contribution in [0.15, 0.2) is 59.4 Å². The van der Waals surface area contributed by atoms with E-state index in [2.05, 4.69) is 10.4 Å². The van der Waals surface area contributed by atoms with Crippen LogP contribution in [0.3, 0.4) is 0 Å². The molecule has 1 aromatic heterocycles. The maximum Gasteiger partial charge on any atom is 0.267 e. The zero-order valence-electron chi connectivity index (χ0n) is 15.4. The highest BCUT2D eigenvalue weighted by molar-refractivity contribution is 5.93. The summed E-state index contributed by atoms with van der Waals surface area (Å²) >= 11 is 0. The van der Waals surface area contributed by atoms with E-state index in [0.29, 0.717) is 11.4 Å². The van der Waals surface area contributed by atoms with Gasteiger partial charge in [-0.05, 0) is 62.7 Å². The molecular weight excluding hydrogens is 345 g/mol. The first-order valence-electron chi connectivity index (χ1n) is 8.59. The van der Waals surface area contributed by atoms with Crippen LogP contribution in [-0.4, -0.2) is 15.7 Å². The molecule has 2 aromatic carbocycles. The van der Waals surface area contributed by atoms with E-state index in [0.717, 1.165) is 21.4 Å². The summed E-state index contributed by atoms with van der Waals surface area (Å²) in [5.41, 5.74) is 3.73. The Balaban J connectivity index is 1.91. The monoisotopic (exact) mass is 365 g/mol. The number of carbonyl (C=O) groups excluding carboxylic acids is 1. The first-order chi connectivity index (χ1) is 12.8. The number of amides is 1. The molecule has 1 atom stereocenters. The maximum absolute atomic E-state index is 13.0. The lowest BCUT2D eigenvalue weighted by atomic mass is 10.0. The molecule has 5 nitrogen and oxygen atoms in total. The number of hydrogen-bond acceptors (Lipinski definition) is 3. The zero-order valence-corrected chi connectivity index (χ0v) is 15.4. The summed E-state index contributed by atoms with van der Waals surface area (Å²) in [6.45, 7) is 5.55. The Kier molecular flexibility index (Phi) is 5.16. The summed E-state index contributed by atoms with van der Waals surface area (Å²) in [5.74, 6) is -0.797. The molecule has 0 aliphatic heterocycles. The van der Waals surface area contributed by atoms with E-state index < -0.39 is 11.9 Å². The van der Waals surface area contributed by atoms with Crippen molar-refractivity contribution in [1.29, 1.82) is 0 Å². The highest BCUT2D eigenvalue weighted by atomic mass is 19.1. The Hall–Kier alpha value is -3.28. The van der Waals surface area contributed by atoms with Crippen molar-refractivity contribution in [2.45, 2.75) is 26.8 Å². The van der Waals surface area contributed by atoms with Gasteiger partial charge in [0.2, 0.25) is 5.91 Å². The van der Waals surface area contributed by atoms with E-state index >= 15 is 0 Å². The second-order valence-electron chi connectivity index (χ2n) is 6.49. The van der Waals surface area contributed by atoms with E-state index in [4.69, 9.17) is 0 Å². The van der Waals surface area contributed by atoms with Gasteiger partial charge in [0.1, 0.15) is 11.9 Å². The van der Waals surface area contributed by atoms with Crippen molar-refractivity contribution in [3.63, 3.8) is 0 Å². The van der Waals surface area contributed by atoms with E-state index in [-0.39, 0.29) is 11.4 Å². The number of hydrogen-bond donors (Lipinski definition) is 1. The van der Waals surface area contributed by atoms with Crippen LogP contribution in [0.25, 0.3) is 11.3 Å². The Morgan fingerprint density at radius 3 is 2.48 bits per heavy atom. The number of benzene rings is 2. The molecule has 1 unspecified atom stereocenters. The number of nitrogens with one attached hydrogen (secondary N) is 1. The summed E-state index contributed by atoms with van der Waals surface area (Å²) < 4.78 is 14.2. The van der Waals surface area contributed by atoms with Crippen LogP contribution in [-0.2, 0) is 4.79 Å². The van der Waals surface area contributed by atoms with Gasteiger partial charge in [0, 0.05) is 17.3 Å². The van der Waals surface area contributed by atoms with Gasteiger partial charge in [-0.15, -0.1) is 0 Å². The zero-order chi connectivity index (χ0) is 19.6. The normalized spacial score (nSPS) is 11.9. The van der Waals surface area contributed by atoms with Crippen LogP contribution in [0.5, 0.6) is 0 Å². The molecule has 1 heterocycles. The van der Waals surface area contributed by atoms with Gasteiger partial charge in [-0.25, -0.2) is 9.07 Å². The van der Waals surface area contributed by atoms with Crippen molar-refractivity contribution >= 4 is 11.6 Å². The SMILES string of the molecule is Cc1ccc(C)c(-c2ccc(=O)n(C(C)C(=O)Nc3ccc(F)cc3)n2)c1. The fourth-order valence-electron chi connectivity index (χ4n) is 2.75. The molecule has 0 aliphatic rings. The van der Waals surface area contributed by atoms with Crippen molar-refractivity contribution in [3.05, 3.63) is 81.9 Å². The summed E-state index contributed by atoms with van der Waals surface area (Å²) in [7, 11) is 0. The average Bonchev–Trinajstić information content (AvgIpc) is 2.65. The number of aromatic nitrogens is 2. The lowest BCUT2D eigenvalue weighted by Crippen LogP contribution is -2.33. The molecule has 0 aliphatic carbocycles. The second-order valence-corrected chi connectivity index (χ2v) is 6.49. The second kappa shape index (κ2) is 7.53. The molecule has 138 valence electrons. The number of halogens is 1. The Morgan fingerprint density at radius 2 is 1.78 bits per heavy atom. The fourth-order valence-corrected chi connectivity index (χ4v) is 2.75. The molecule has 1 amide bonds. The molecule has 0 spiro atoms. The molecule has 27 heavy (non-hydrogen) atoms. The third-order valence-corrected chi connectivity index (χ3v) is 4.35. The van der Waals surface area contributed by atoms with E-state index in [1.165, 1.54) is 30.3 Å². The average molecular weight is 365 g/mol. The minimum atomic E-state index is -0.826. The predicted octanol–water partition coefficient (Wildman–Crippen LogP) is 3.87. The highest BCUT2D eigenvalue weighted by Crippen LogP contribution is 2.22. The molecule has 0 saturated carbocycles. The van der Waals surface area contributed by atoms with Gasteiger partial charge in [-0.2, -0.15) is 5.10 Å². The number of nitrogens with zero attached hydrogens (tertiary/aromatic N) is 2.